The minimum atomic E-state index is -0.364. The van der Waals surface area contributed by atoms with Crippen molar-refractivity contribution in [1.82, 2.24) is 4.57 Å². The molecule has 146 valence electrons. The van der Waals surface area contributed by atoms with Crippen LogP contribution in [-0.2, 0) is 4.74 Å². The topological polar surface area (TPSA) is 43.3 Å². The van der Waals surface area contributed by atoms with Gasteiger partial charge in [0.15, 0.2) is 0 Å². The molecule has 1 aromatic heterocycles. The molecule has 0 saturated heterocycles. The van der Waals surface area contributed by atoms with Crippen LogP contribution < -0.4 is 5.32 Å². The fourth-order valence-corrected chi connectivity index (χ4v) is 4.00. The van der Waals surface area contributed by atoms with Crippen LogP contribution in [0.3, 0.4) is 0 Å². The van der Waals surface area contributed by atoms with E-state index in [4.69, 9.17) is 4.74 Å². The van der Waals surface area contributed by atoms with Crippen molar-refractivity contribution >= 4 is 39.1 Å². The molecule has 0 saturated carbocycles. The van der Waals surface area contributed by atoms with Crippen LogP contribution in [0.15, 0.2) is 97.1 Å². The van der Waals surface area contributed by atoms with Crippen LogP contribution in [0.4, 0.5) is 11.4 Å². The van der Waals surface area contributed by atoms with E-state index in [0.29, 0.717) is 11.3 Å². The van der Waals surface area contributed by atoms with E-state index in [9.17, 15) is 4.79 Å². The largest absolute Gasteiger partial charge is 0.465 e. The molecule has 0 aliphatic heterocycles. The van der Waals surface area contributed by atoms with Crippen molar-refractivity contribution in [1.29, 1.82) is 0 Å². The van der Waals surface area contributed by atoms with Crippen molar-refractivity contribution in [2.75, 3.05) is 12.4 Å². The highest BCUT2D eigenvalue weighted by Gasteiger charge is 2.17. The van der Waals surface area contributed by atoms with Crippen LogP contribution in [0.1, 0.15) is 10.4 Å². The van der Waals surface area contributed by atoms with Gasteiger partial charge in [0.05, 0.1) is 29.4 Å². The van der Waals surface area contributed by atoms with Crippen molar-refractivity contribution in [3.05, 3.63) is 103 Å². The average Bonchev–Trinajstić information content (AvgIpc) is 3.15. The Bertz CT molecular complexity index is 1370. The van der Waals surface area contributed by atoms with Gasteiger partial charge in [-0.2, -0.15) is 0 Å². The Balaban J connectivity index is 1.76. The Kier molecular flexibility index (Phi) is 4.45. The van der Waals surface area contributed by atoms with Crippen LogP contribution in [-0.4, -0.2) is 17.6 Å². The molecule has 0 amide bonds. The number of ether oxygens (including phenoxy) is 1. The molecule has 0 bridgehead atoms. The average molecular weight is 392 g/mol. The molecule has 5 aromatic rings. The van der Waals surface area contributed by atoms with E-state index in [2.05, 4.69) is 52.3 Å². The van der Waals surface area contributed by atoms with E-state index in [-0.39, 0.29) is 5.97 Å². The Hall–Kier alpha value is -4.05. The third-order valence-corrected chi connectivity index (χ3v) is 5.31. The summed E-state index contributed by atoms with van der Waals surface area (Å²) in [7, 11) is 1.40. The SMILES string of the molecule is COC(=O)c1ccccc1Nc1cccc2c1c1ccccc1n2-c1ccccc1. The standard InChI is InChI=1S/C26H20N2O2/c1-30-26(29)19-12-5-7-14-21(19)27-22-15-9-17-24-25(22)20-13-6-8-16-23(20)28(24)18-10-3-2-4-11-18/h2-17,27H,1H3. The molecule has 1 heterocycles. The van der Waals surface area contributed by atoms with Gasteiger partial charge in [-0.1, -0.05) is 54.6 Å². The summed E-state index contributed by atoms with van der Waals surface area (Å²) in [6.07, 6.45) is 0. The molecule has 0 fully saturated rings. The number of para-hydroxylation sites is 3. The number of nitrogens with zero attached hydrogens (tertiary/aromatic N) is 1. The molecular formula is C26H20N2O2. The van der Waals surface area contributed by atoms with Gasteiger partial charge >= 0.3 is 5.97 Å². The minimum absolute atomic E-state index is 0.364. The summed E-state index contributed by atoms with van der Waals surface area (Å²) in [5.41, 5.74) is 5.50. The first kappa shape index (κ1) is 18.0. The fraction of sp³-hybridized carbons (Fsp3) is 0.0385. The fourth-order valence-electron chi connectivity index (χ4n) is 4.00. The lowest BCUT2D eigenvalue weighted by molar-refractivity contribution is 0.0602. The lowest BCUT2D eigenvalue weighted by atomic mass is 10.1. The number of aromatic nitrogens is 1. The van der Waals surface area contributed by atoms with Gasteiger partial charge < -0.3 is 14.6 Å². The highest BCUT2D eigenvalue weighted by molar-refractivity contribution is 6.15. The van der Waals surface area contributed by atoms with E-state index < -0.39 is 0 Å². The van der Waals surface area contributed by atoms with Gasteiger partial charge in [-0.25, -0.2) is 4.79 Å². The van der Waals surface area contributed by atoms with Crippen molar-refractivity contribution < 1.29 is 9.53 Å². The van der Waals surface area contributed by atoms with Crippen LogP contribution in [0, 0.1) is 0 Å². The zero-order valence-electron chi connectivity index (χ0n) is 16.5. The third-order valence-electron chi connectivity index (χ3n) is 5.31. The van der Waals surface area contributed by atoms with Crippen LogP contribution >= 0.6 is 0 Å². The van der Waals surface area contributed by atoms with Gasteiger partial charge in [0.2, 0.25) is 0 Å². The Labute approximate surface area is 174 Å². The van der Waals surface area contributed by atoms with Gasteiger partial charge in [0, 0.05) is 22.1 Å². The van der Waals surface area contributed by atoms with Gasteiger partial charge in [-0.05, 0) is 42.5 Å². The van der Waals surface area contributed by atoms with E-state index in [1.807, 2.05) is 48.5 Å². The van der Waals surface area contributed by atoms with Gasteiger partial charge in [0.1, 0.15) is 0 Å². The summed E-state index contributed by atoms with van der Waals surface area (Å²) in [5, 5.41) is 5.73. The number of benzene rings is 4. The molecule has 0 atom stereocenters. The first-order valence-corrected chi connectivity index (χ1v) is 9.80. The van der Waals surface area contributed by atoms with Crippen molar-refractivity contribution in [2.24, 2.45) is 0 Å². The molecule has 0 aliphatic rings. The lowest BCUT2D eigenvalue weighted by Crippen LogP contribution is -2.05. The summed E-state index contributed by atoms with van der Waals surface area (Å²) in [6.45, 7) is 0. The molecule has 5 rings (SSSR count). The van der Waals surface area contributed by atoms with Crippen LogP contribution in [0.25, 0.3) is 27.5 Å². The molecule has 30 heavy (non-hydrogen) atoms. The molecular weight excluding hydrogens is 372 g/mol. The highest BCUT2D eigenvalue weighted by Crippen LogP contribution is 2.37. The second-order valence-electron chi connectivity index (χ2n) is 7.05. The zero-order chi connectivity index (χ0) is 20.5. The van der Waals surface area contributed by atoms with E-state index in [0.717, 1.165) is 33.2 Å². The first-order valence-electron chi connectivity index (χ1n) is 9.80. The Morgan fingerprint density at radius 1 is 0.733 bits per heavy atom. The summed E-state index contributed by atoms with van der Waals surface area (Å²) in [4.78, 5) is 12.2. The van der Waals surface area contributed by atoms with Gasteiger partial charge in [0.25, 0.3) is 0 Å². The van der Waals surface area contributed by atoms with E-state index in [1.165, 1.54) is 7.11 Å². The zero-order valence-corrected chi connectivity index (χ0v) is 16.5. The van der Waals surface area contributed by atoms with Crippen LogP contribution in [0.2, 0.25) is 0 Å². The Morgan fingerprint density at radius 3 is 2.23 bits per heavy atom. The molecule has 1 N–H and O–H groups in total. The summed E-state index contributed by atoms with van der Waals surface area (Å²) < 4.78 is 7.22. The summed E-state index contributed by atoms with van der Waals surface area (Å²) in [5.74, 6) is -0.364. The number of methoxy groups -OCH3 is 1. The molecule has 0 unspecified atom stereocenters. The predicted octanol–water partition coefficient (Wildman–Crippen LogP) is 6.31. The van der Waals surface area contributed by atoms with E-state index in [1.54, 1.807) is 6.07 Å². The second kappa shape index (κ2) is 7.41. The number of carbonyl (C=O) groups excluding carboxylic acids is 1. The quantitative estimate of drug-likeness (QED) is 0.364. The number of rotatable bonds is 4. The van der Waals surface area contributed by atoms with Gasteiger partial charge in [-0.3, -0.25) is 0 Å². The van der Waals surface area contributed by atoms with Crippen molar-refractivity contribution in [3.63, 3.8) is 0 Å². The summed E-state index contributed by atoms with van der Waals surface area (Å²) >= 11 is 0. The molecule has 0 spiro atoms. The number of nitrogens with one attached hydrogen (secondary N) is 1. The number of fused-ring (bicyclic) bond motifs is 3. The monoisotopic (exact) mass is 392 g/mol. The molecule has 4 heteroatoms. The number of carbonyl (C=O) groups is 1. The van der Waals surface area contributed by atoms with E-state index >= 15 is 0 Å². The predicted molar refractivity (Wildman–Crippen MR) is 122 cm³/mol. The maximum absolute atomic E-state index is 12.2. The number of hydrogen-bond acceptors (Lipinski definition) is 3. The first-order chi connectivity index (χ1) is 14.8. The highest BCUT2D eigenvalue weighted by atomic mass is 16.5. The molecule has 0 radical (unpaired) electrons. The Morgan fingerprint density at radius 2 is 1.40 bits per heavy atom. The van der Waals surface area contributed by atoms with Crippen molar-refractivity contribution in [2.45, 2.75) is 0 Å². The maximum atomic E-state index is 12.2. The molecule has 0 aliphatic carbocycles. The smallest absolute Gasteiger partial charge is 0.339 e. The summed E-state index contributed by atoms with van der Waals surface area (Å²) in [6, 6.07) is 32.3. The second-order valence-corrected chi connectivity index (χ2v) is 7.05. The molecule has 4 nitrogen and oxygen atoms in total. The third kappa shape index (κ3) is 2.90. The number of esters is 1. The lowest BCUT2D eigenvalue weighted by Gasteiger charge is -2.12. The molecule has 4 aromatic carbocycles. The number of anilines is 2. The van der Waals surface area contributed by atoms with Gasteiger partial charge in [-0.15, -0.1) is 0 Å². The van der Waals surface area contributed by atoms with Crippen LogP contribution in [0.5, 0.6) is 0 Å². The normalized spacial score (nSPS) is 11.0. The minimum Gasteiger partial charge on any atom is -0.465 e. The van der Waals surface area contributed by atoms with Crippen molar-refractivity contribution in [3.8, 4) is 5.69 Å². The number of hydrogen-bond donors (Lipinski definition) is 1. The maximum Gasteiger partial charge on any atom is 0.339 e.